The number of hydrogen-bond donors (Lipinski definition) is 2. The van der Waals surface area contributed by atoms with Gasteiger partial charge in [-0.25, -0.2) is 8.42 Å². The van der Waals surface area contributed by atoms with Gasteiger partial charge in [-0.2, -0.15) is 0 Å². The van der Waals surface area contributed by atoms with Crippen LogP contribution in [0.15, 0.2) is 53.4 Å². The number of benzene rings is 2. The number of carbonyl (C=O) groups excluding carboxylic acids is 1. The number of amides is 1. The molecule has 0 heterocycles. The topological polar surface area (TPSA) is 89.3 Å². The van der Waals surface area contributed by atoms with E-state index in [-0.39, 0.29) is 4.90 Å². The van der Waals surface area contributed by atoms with Gasteiger partial charge in [0.05, 0.1) is 4.90 Å². The third-order valence-electron chi connectivity index (χ3n) is 2.67. The molecule has 5 nitrogen and oxygen atoms in total. The Balaban J connectivity index is 2.09. The van der Waals surface area contributed by atoms with Gasteiger partial charge in [-0.15, -0.1) is 0 Å². The highest BCUT2D eigenvalue weighted by molar-refractivity contribution is 7.92. The summed E-state index contributed by atoms with van der Waals surface area (Å²) in [4.78, 5) is 11.8. The van der Waals surface area contributed by atoms with E-state index in [1.807, 2.05) is 0 Å². The van der Waals surface area contributed by atoms with E-state index in [2.05, 4.69) is 5.32 Å². The average Bonchev–Trinajstić information content (AvgIpc) is 2.41. The molecular weight excluding hydrogens is 312 g/mol. The van der Waals surface area contributed by atoms with Gasteiger partial charge in [0.15, 0.2) is 9.84 Å². The molecule has 0 aromatic heterocycles. The predicted octanol–water partition coefficient (Wildman–Crippen LogP) is 2.33. The van der Waals surface area contributed by atoms with Crippen molar-refractivity contribution in [2.75, 3.05) is 16.8 Å². The van der Waals surface area contributed by atoms with E-state index in [0.29, 0.717) is 16.4 Å². The minimum absolute atomic E-state index is 0.0162. The normalized spacial score (nSPS) is 11.1. The molecule has 2 rings (SSSR count). The number of nitrogens with two attached hydrogens (primary N) is 1. The molecule has 0 spiro atoms. The molecule has 0 bridgehead atoms. The van der Waals surface area contributed by atoms with Crippen molar-refractivity contribution in [2.24, 2.45) is 0 Å². The minimum Gasteiger partial charge on any atom is -0.399 e. The lowest BCUT2D eigenvalue weighted by Gasteiger charge is -2.07. The summed E-state index contributed by atoms with van der Waals surface area (Å²) in [5.74, 6) is -1.28. The van der Waals surface area contributed by atoms with Gasteiger partial charge in [-0.05, 0) is 42.5 Å². The van der Waals surface area contributed by atoms with Crippen molar-refractivity contribution in [2.45, 2.75) is 4.90 Å². The van der Waals surface area contributed by atoms with Crippen molar-refractivity contribution < 1.29 is 13.2 Å². The molecule has 0 aliphatic carbocycles. The van der Waals surface area contributed by atoms with Gasteiger partial charge in [-0.3, -0.25) is 4.79 Å². The molecule has 0 saturated carbocycles. The minimum atomic E-state index is -3.73. The molecule has 0 saturated heterocycles. The molecule has 110 valence electrons. The Labute approximate surface area is 127 Å². The van der Waals surface area contributed by atoms with Crippen LogP contribution in [0.25, 0.3) is 0 Å². The van der Waals surface area contributed by atoms with Crippen molar-refractivity contribution in [3.05, 3.63) is 53.6 Å². The van der Waals surface area contributed by atoms with E-state index in [4.69, 9.17) is 17.3 Å². The van der Waals surface area contributed by atoms with Crippen LogP contribution in [-0.2, 0) is 14.6 Å². The van der Waals surface area contributed by atoms with Crippen LogP contribution >= 0.6 is 11.6 Å². The first-order chi connectivity index (χ1) is 9.87. The van der Waals surface area contributed by atoms with Gasteiger partial charge in [0, 0.05) is 16.4 Å². The van der Waals surface area contributed by atoms with E-state index in [0.717, 1.165) is 0 Å². The van der Waals surface area contributed by atoms with Gasteiger partial charge < -0.3 is 11.1 Å². The Kier molecular flexibility index (Phi) is 4.50. The zero-order valence-electron chi connectivity index (χ0n) is 10.9. The fourth-order valence-corrected chi connectivity index (χ4v) is 3.11. The van der Waals surface area contributed by atoms with Crippen LogP contribution in [0.4, 0.5) is 11.4 Å². The number of nitrogens with one attached hydrogen (secondary N) is 1. The van der Waals surface area contributed by atoms with E-state index in [1.165, 1.54) is 18.2 Å². The van der Waals surface area contributed by atoms with Crippen molar-refractivity contribution in [1.82, 2.24) is 0 Å². The fourth-order valence-electron chi connectivity index (χ4n) is 1.68. The second-order valence-electron chi connectivity index (χ2n) is 4.39. The Morgan fingerprint density at radius 1 is 1.14 bits per heavy atom. The molecule has 0 unspecified atom stereocenters. The molecule has 21 heavy (non-hydrogen) atoms. The highest BCUT2D eigenvalue weighted by Gasteiger charge is 2.19. The number of rotatable bonds is 4. The molecule has 2 aromatic carbocycles. The smallest absolute Gasteiger partial charge is 0.239 e. The maximum absolute atomic E-state index is 12.1. The average molecular weight is 325 g/mol. The first-order valence-corrected chi connectivity index (χ1v) is 8.03. The van der Waals surface area contributed by atoms with Crippen LogP contribution in [0.1, 0.15) is 0 Å². The summed E-state index contributed by atoms with van der Waals surface area (Å²) >= 11 is 5.76. The molecule has 0 fully saturated rings. The summed E-state index contributed by atoms with van der Waals surface area (Å²) in [6, 6.07) is 12.2. The van der Waals surface area contributed by atoms with E-state index in [1.54, 1.807) is 30.3 Å². The summed E-state index contributed by atoms with van der Waals surface area (Å²) in [6.07, 6.45) is 0. The lowest BCUT2D eigenvalue weighted by atomic mass is 10.3. The maximum Gasteiger partial charge on any atom is 0.239 e. The Morgan fingerprint density at radius 3 is 2.43 bits per heavy atom. The van der Waals surface area contributed by atoms with Crippen LogP contribution in [-0.4, -0.2) is 20.1 Å². The highest BCUT2D eigenvalue weighted by Crippen LogP contribution is 2.17. The number of anilines is 2. The van der Waals surface area contributed by atoms with Crippen molar-refractivity contribution >= 4 is 38.7 Å². The third kappa shape index (κ3) is 4.21. The zero-order valence-corrected chi connectivity index (χ0v) is 12.5. The van der Waals surface area contributed by atoms with E-state index >= 15 is 0 Å². The van der Waals surface area contributed by atoms with Gasteiger partial charge in [-0.1, -0.05) is 17.7 Å². The summed E-state index contributed by atoms with van der Waals surface area (Å²) in [5.41, 5.74) is 6.57. The SMILES string of the molecule is Nc1ccc(NC(=O)CS(=O)(=O)c2cccc(Cl)c2)cc1. The molecule has 3 N–H and O–H groups in total. The lowest BCUT2D eigenvalue weighted by molar-refractivity contribution is -0.113. The zero-order chi connectivity index (χ0) is 15.5. The van der Waals surface area contributed by atoms with Crippen molar-refractivity contribution in [1.29, 1.82) is 0 Å². The molecule has 2 aromatic rings. The highest BCUT2D eigenvalue weighted by atomic mass is 35.5. The van der Waals surface area contributed by atoms with Crippen LogP contribution in [0.5, 0.6) is 0 Å². The summed E-state index contributed by atoms with van der Waals surface area (Å²) in [7, 11) is -3.73. The molecular formula is C14H13ClN2O3S. The second-order valence-corrected chi connectivity index (χ2v) is 6.81. The quantitative estimate of drug-likeness (QED) is 0.845. The van der Waals surface area contributed by atoms with Crippen LogP contribution in [0.2, 0.25) is 5.02 Å². The Bertz CT molecular complexity index is 758. The molecule has 1 amide bonds. The number of sulfone groups is 1. The largest absolute Gasteiger partial charge is 0.399 e. The molecule has 7 heteroatoms. The van der Waals surface area contributed by atoms with Gasteiger partial charge in [0.1, 0.15) is 5.75 Å². The molecule has 0 aliphatic heterocycles. The monoisotopic (exact) mass is 324 g/mol. The number of carbonyl (C=O) groups is 1. The lowest BCUT2D eigenvalue weighted by Crippen LogP contribution is -2.23. The van der Waals surface area contributed by atoms with Gasteiger partial charge in [0.2, 0.25) is 5.91 Å². The summed E-state index contributed by atoms with van der Waals surface area (Å²) in [6.45, 7) is 0. The van der Waals surface area contributed by atoms with Crippen LogP contribution in [0, 0.1) is 0 Å². The fraction of sp³-hybridized carbons (Fsp3) is 0.0714. The van der Waals surface area contributed by atoms with Gasteiger partial charge >= 0.3 is 0 Å². The van der Waals surface area contributed by atoms with E-state index in [9.17, 15) is 13.2 Å². The first kappa shape index (κ1) is 15.3. The number of halogens is 1. The molecule has 0 atom stereocenters. The molecule has 0 aliphatic rings. The third-order valence-corrected chi connectivity index (χ3v) is 4.52. The summed E-state index contributed by atoms with van der Waals surface area (Å²) < 4.78 is 24.2. The Hall–Kier alpha value is -2.05. The predicted molar refractivity (Wildman–Crippen MR) is 83.0 cm³/mol. The van der Waals surface area contributed by atoms with Crippen LogP contribution in [0.3, 0.4) is 0 Å². The van der Waals surface area contributed by atoms with Gasteiger partial charge in [0.25, 0.3) is 0 Å². The van der Waals surface area contributed by atoms with Crippen LogP contribution < -0.4 is 11.1 Å². The van der Waals surface area contributed by atoms with Crippen molar-refractivity contribution in [3.8, 4) is 0 Å². The second kappa shape index (κ2) is 6.15. The molecule has 0 radical (unpaired) electrons. The maximum atomic E-state index is 12.1. The summed E-state index contributed by atoms with van der Waals surface area (Å²) in [5, 5.41) is 2.80. The first-order valence-electron chi connectivity index (χ1n) is 6.00. The van der Waals surface area contributed by atoms with Crippen molar-refractivity contribution in [3.63, 3.8) is 0 Å². The standard InChI is InChI=1S/C14H13ClN2O3S/c15-10-2-1-3-13(8-10)21(19,20)9-14(18)17-12-6-4-11(16)5-7-12/h1-8H,9,16H2,(H,17,18). The Morgan fingerprint density at radius 2 is 1.81 bits per heavy atom. The van der Waals surface area contributed by atoms with E-state index < -0.39 is 21.5 Å². The number of hydrogen-bond acceptors (Lipinski definition) is 4. The number of nitrogen functional groups attached to an aromatic ring is 1.